The summed E-state index contributed by atoms with van der Waals surface area (Å²) in [6.45, 7) is 0. The van der Waals surface area contributed by atoms with Crippen molar-refractivity contribution >= 4 is 58.4 Å². The molecule has 0 heterocycles. The lowest BCUT2D eigenvalue weighted by Crippen LogP contribution is -2.11. The van der Waals surface area contributed by atoms with Gasteiger partial charge >= 0.3 is 0 Å². The molecule has 7 aromatic rings. The van der Waals surface area contributed by atoms with Crippen LogP contribution in [0.1, 0.15) is 197 Å². The second kappa shape index (κ2) is 23.4. The molecule has 72 heavy (non-hydrogen) atoms. The fraction of sp³-hybridized carbons (Fsp3) is 0.343. The SMILES string of the molecule is C(=C\c1ccc(N(c2ccc(C3CCCCC3)cc2)c2ccc(C3CCCCC3)cc2)cc1)/c1ccc(/C=C/c2ccc(N(c3ccc(C4CCCCC4)cc3)c3ccc(C4CCCCC4)cc3)cc2)cc1. The van der Waals surface area contributed by atoms with Gasteiger partial charge in [-0.05, 0) is 192 Å². The first-order valence-electron chi connectivity index (χ1n) is 28.3. The van der Waals surface area contributed by atoms with Crippen LogP contribution in [0.4, 0.5) is 34.1 Å². The van der Waals surface area contributed by atoms with Crippen molar-refractivity contribution in [3.63, 3.8) is 0 Å². The Kier molecular flexibility index (Phi) is 15.6. The predicted molar refractivity (Wildman–Crippen MR) is 310 cm³/mol. The maximum Gasteiger partial charge on any atom is 0.0462 e. The van der Waals surface area contributed by atoms with E-state index in [9.17, 15) is 0 Å². The van der Waals surface area contributed by atoms with Crippen molar-refractivity contribution in [1.82, 2.24) is 0 Å². The van der Waals surface area contributed by atoms with Gasteiger partial charge in [0.15, 0.2) is 0 Å². The van der Waals surface area contributed by atoms with Crippen LogP contribution in [0.15, 0.2) is 170 Å². The Morgan fingerprint density at radius 2 is 0.375 bits per heavy atom. The van der Waals surface area contributed by atoms with Gasteiger partial charge in [-0.2, -0.15) is 0 Å². The Bertz CT molecular complexity index is 2490. The minimum Gasteiger partial charge on any atom is -0.311 e. The first-order valence-corrected chi connectivity index (χ1v) is 28.3. The zero-order valence-electron chi connectivity index (χ0n) is 42.8. The van der Waals surface area contributed by atoms with Crippen molar-refractivity contribution < 1.29 is 0 Å². The van der Waals surface area contributed by atoms with Crippen molar-refractivity contribution in [3.05, 3.63) is 214 Å². The quantitative estimate of drug-likeness (QED) is 0.100. The maximum absolute atomic E-state index is 2.44. The number of hydrogen-bond acceptors (Lipinski definition) is 2. The normalized spacial score (nSPS) is 17.7. The molecule has 4 fully saturated rings. The van der Waals surface area contributed by atoms with Crippen LogP contribution in [0.5, 0.6) is 0 Å². The molecular formula is C70H76N2. The molecule has 0 spiro atoms. The van der Waals surface area contributed by atoms with Crippen LogP contribution in [0.2, 0.25) is 0 Å². The van der Waals surface area contributed by atoms with E-state index >= 15 is 0 Å². The van der Waals surface area contributed by atoms with E-state index in [1.807, 2.05) is 0 Å². The van der Waals surface area contributed by atoms with E-state index in [0.717, 1.165) is 0 Å². The molecule has 0 aromatic heterocycles. The van der Waals surface area contributed by atoms with Crippen LogP contribution in [0.3, 0.4) is 0 Å². The summed E-state index contributed by atoms with van der Waals surface area (Å²) in [5.74, 6) is 2.82. The molecule has 7 aromatic carbocycles. The van der Waals surface area contributed by atoms with Crippen LogP contribution in [0, 0.1) is 0 Å². The second-order valence-electron chi connectivity index (χ2n) is 21.9. The van der Waals surface area contributed by atoms with Gasteiger partial charge in [0.05, 0.1) is 0 Å². The van der Waals surface area contributed by atoms with Gasteiger partial charge in [0, 0.05) is 34.1 Å². The van der Waals surface area contributed by atoms with Gasteiger partial charge in [-0.1, -0.05) is 198 Å². The first kappa shape index (κ1) is 47.9. The molecule has 0 bridgehead atoms. The minimum atomic E-state index is 0.704. The van der Waals surface area contributed by atoms with Gasteiger partial charge in [-0.25, -0.2) is 0 Å². The van der Waals surface area contributed by atoms with Crippen LogP contribution in [0.25, 0.3) is 24.3 Å². The molecule has 0 radical (unpaired) electrons. The summed E-state index contributed by atoms with van der Waals surface area (Å²) >= 11 is 0. The molecule has 4 aliphatic rings. The van der Waals surface area contributed by atoms with Crippen molar-refractivity contribution in [2.75, 3.05) is 9.80 Å². The molecule has 366 valence electrons. The van der Waals surface area contributed by atoms with E-state index in [1.165, 1.54) is 207 Å². The monoisotopic (exact) mass is 945 g/mol. The van der Waals surface area contributed by atoms with Crippen LogP contribution < -0.4 is 9.80 Å². The zero-order chi connectivity index (χ0) is 48.3. The van der Waals surface area contributed by atoms with Crippen molar-refractivity contribution in [3.8, 4) is 0 Å². The smallest absolute Gasteiger partial charge is 0.0462 e. The van der Waals surface area contributed by atoms with E-state index < -0.39 is 0 Å². The summed E-state index contributed by atoms with van der Waals surface area (Å²) in [6, 6.07) is 65.0. The molecule has 0 N–H and O–H groups in total. The van der Waals surface area contributed by atoms with Crippen molar-refractivity contribution in [2.24, 2.45) is 0 Å². The van der Waals surface area contributed by atoms with Gasteiger partial charge < -0.3 is 9.80 Å². The topological polar surface area (TPSA) is 6.48 Å². The highest BCUT2D eigenvalue weighted by molar-refractivity contribution is 5.80. The number of benzene rings is 7. The highest BCUT2D eigenvalue weighted by Crippen LogP contribution is 2.42. The summed E-state index contributed by atoms with van der Waals surface area (Å²) in [6.07, 6.45) is 35.9. The van der Waals surface area contributed by atoms with Crippen molar-refractivity contribution in [2.45, 2.75) is 152 Å². The van der Waals surface area contributed by atoms with E-state index in [1.54, 1.807) is 0 Å². The Labute approximate surface area is 432 Å². The summed E-state index contributed by atoms with van der Waals surface area (Å²) in [7, 11) is 0. The largest absolute Gasteiger partial charge is 0.311 e. The lowest BCUT2D eigenvalue weighted by atomic mass is 9.84. The van der Waals surface area contributed by atoms with E-state index in [0.29, 0.717) is 23.7 Å². The van der Waals surface area contributed by atoms with E-state index in [4.69, 9.17) is 0 Å². The average molecular weight is 945 g/mol. The Balaban J connectivity index is 0.761. The molecule has 2 nitrogen and oxygen atoms in total. The Morgan fingerprint density at radius 1 is 0.208 bits per heavy atom. The summed E-state index contributed by atoms with van der Waals surface area (Å²) < 4.78 is 0. The maximum atomic E-state index is 2.44. The van der Waals surface area contributed by atoms with Crippen LogP contribution in [-0.2, 0) is 0 Å². The third kappa shape index (κ3) is 11.8. The average Bonchev–Trinajstić information content (AvgIpc) is 3.47. The molecule has 4 aliphatic carbocycles. The summed E-state index contributed by atoms with van der Waals surface area (Å²) in [4.78, 5) is 4.87. The van der Waals surface area contributed by atoms with Gasteiger partial charge in [0.1, 0.15) is 0 Å². The molecule has 11 rings (SSSR count). The predicted octanol–water partition coefficient (Wildman–Crippen LogP) is 21.2. The van der Waals surface area contributed by atoms with Crippen molar-refractivity contribution in [1.29, 1.82) is 0 Å². The molecule has 0 atom stereocenters. The third-order valence-corrected chi connectivity index (χ3v) is 17.1. The molecular weight excluding hydrogens is 869 g/mol. The highest BCUT2D eigenvalue weighted by atomic mass is 15.1. The van der Waals surface area contributed by atoms with Gasteiger partial charge in [-0.15, -0.1) is 0 Å². The molecule has 0 saturated heterocycles. The van der Waals surface area contributed by atoms with Gasteiger partial charge in [0.2, 0.25) is 0 Å². The molecule has 0 amide bonds. The van der Waals surface area contributed by atoms with Crippen LogP contribution in [-0.4, -0.2) is 0 Å². The molecule has 0 unspecified atom stereocenters. The third-order valence-electron chi connectivity index (χ3n) is 17.1. The minimum absolute atomic E-state index is 0.704. The number of hydrogen-bond donors (Lipinski definition) is 0. The van der Waals surface area contributed by atoms with Gasteiger partial charge in [-0.3, -0.25) is 0 Å². The lowest BCUT2D eigenvalue weighted by Gasteiger charge is -2.28. The lowest BCUT2D eigenvalue weighted by molar-refractivity contribution is 0.443. The molecule has 2 heteroatoms. The fourth-order valence-corrected chi connectivity index (χ4v) is 12.8. The summed E-state index contributed by atoms with van der Waals surface area (Å²) in [5.41, 5.74) is 18.0. The number of anilines is 6. The second-order valence-corrected chi connectivity index (χ2v) is 21.9. The standard InChI is InChI=1S/C70H76N2/c1-5-13-57(14-6-1)61-33-45-67(46-34-61)71(68-47-35-62(36-48-68)58-15-7-2-8-16-58)65-41-29-55(30-42-65)27-25-53-21-23-54(24-22-53)26-28-56-31-43-66(44-32-56)72(69-49-37-63(38-50-69)59-17-9-3-10-18-59)70-51-39-64(40-52-70)60-19-11-4-12-20-60/h21-52,57-60H,1-20H2/b27-25+,28-26+. The number of rotatable bonds is 14. The van der Waals surface area contributed by atoms with E-state index in [2.05, 4.69) is 204 Å². The van der Waals surface area contributed by atoms with E-state index in [-0.39, 0.29) is 0 Å². The first-order chi connectivity index (χ1) is 35.7. The number of nitrogens with zero attached hydrogens (tertiary/aromatic N) is 2. The fourth-order valence-electron chi connectivity index (χ4n) is 12.8. The van der Waals surface area contributed by atoms with Crippen LogP contribution >= 0.6 is 0 Å². The Hall–Kier alpha value is -6.38. The zero-order valence-corrected chi connectivity index (χ0v) is 42.8. The summed E-state index contributed by atoms with van der Waals surface area (Å²) in [5, 5.41) is 0. The molecule has 4 saturated carbocycles. The Morgan fingerprint density at radius 3 is 0.569 bits per heavy atom. The highest BCUT2D eigenvalue weighted by Gasteiger charge is 2.22. The van der Waals surface area contributed by atoms with Gasteiger partial charge in [0.25, 0.3) is 0 Å². The molecule has 0 aliphatic heterocycles.